The standard InChI is InChI=1S/C17H20N4O2/c1-13(22)21-11-10-20(17(23)15-8-9-18-19(15)2)12-16(21)14-6-4-3-5-7-14/h3-9,16H,10-12H2,1-2H3/t16-/m0/s1. The summed E-state index contributed by atoms with van der Waals surface area (Å²) in [6.07, 6.45) is 1.62. The van der Waals surface area contributed by atoms with Crippen LogP contribution in [-0.2, 0) is 11.8 Å². The largest absolute Gasteiger partial charge is 0.333 e. The first-order valence-corrected chi connectivity index (χ1v) is 7.67. The van der Waals surface area contributed by atoms with Gasteiger partial charge in [-0.25, -0.2) is 0 Å². The van der Waals surface area contributed by atoms with Crippen LogP contribution >= 0.6 is 0 Å². The number of aromatic nitrogens is 2. The molecule has 0 bridgehead atoms. The first-order chi connectivity index (χ1) is 11.1. The second-order valence-corrected chi connectivity index (χ2v) is 5.73. The third kappa shape index (κ3) is 2.97. The van der Waals surface area contributed by atoms with E-state index < -0.39 is 0 Å². The average molecular weight is 312 g/mol. The fourth-order valence-electron chi connectivity index (χ4n) is 3.05. The number of benzene rings is 1. The van der Waals surface area contributed by atoms with E-state index in [1.807, 2.05) is 35.2 Å². The first kappa shape index (κ1) is 15.3. The monoisotopic (exact) mass is 312 g/mol. The number of nitrogens with zero attached hydrogens (tertiary/aromatic N) is 4. The van der Waals surface area contributed by atoms with Crippen LogP contribution in [0.2, 0.25) is 0 Å². The lowest BCUT2D eigenvalue weighted by molar-refractivity contribution is -0.133. The number of carbonyl (C=O) groups excluding carboxylic acids is 2. The summed E-state index contributed by atoms with van der Waals surface area (Å²) < 4.78 is 1.58. The summed E-state index contributed by atoms with van der Waals surface area (Å²) in [5.41, 5.74) is 1.61. The first-order valence-electron chi connectivity index (χ1n) is 7.67. The predicted octanol–water partition coefficient (Wildman–Crippen LogP) is 1.47. The molecule has 0 N–H and O–H groups in total. The van der Waals surface area contributed by atoms with Crippen LogP contribution in [0.3, 0.4) is 0 Å². The van der Waals surface area contributed by atoms with Crippen molar-refractivity contribution in [2.24, 2.45) is 7.05 Å². The SMILES string of the molecule is CC(=O)N1CCN(C(=O)c2ccnn2C)C[C@H]1c1ccccc1. The Labute approximate surface area is 135 Å². The smallest absolute Gasteiger partial charge is 0.272 e. The molecule has 0 saturated carbocycles. The predicted molar refractivity (Wildman–Crippen MR) is 85.7 cm³/mol. The van der Waals surface area contributed by atoms with Gasteiger partial charge in [0.2, 0.25) is 5.91 Å². The minimum absolute atomic E-state index is 0.0338. The lowest BCUT2D eigenvalue weighted by Gasteiger charge is -2.41. The molecule has 1 fully saturated rings. The maximum Gasteiger partial charge on any atom is 0.272 e. The second-order valence-electron chi connectivity index (χ2n) is 5.73. The van der Waals surface area contributed by atoms with E-state index in [0.29, 0.717) is 25.3 Å². The zero-order valence-corrected chi connectivity index (χ0v) is 13.3. The maximum absolute atomic E-state index is 12.7. The zero-order valence-electron chi connectivity index (χ0n) is 13.3. The minimum atomic E-state index is -0.111. The van der Waals surface area contributed by atoms with E-state index in [1.54, 1.807) is 35.8 Å². The van der Waals surface area contributed by atoms with Crippen molar-refractivity contribution >= 4 is 11.8 Å². The molecular formula is C17H20N4O2. The topological polar surface area (TPSA) is 58.4 Å². The van der Waals surface area contributed by atoms with Crippen molar-refractivity contribution in [1.29, 1.82) is 0 Å². The van der Waals surface area contributed by atoms with Crippen molar-refractivity contribution < 1.29 is 9.59 Å². The van der Waals surface area contributed by atoms with Gasteiger partial charge in [-0.2, -0.15) is 5.10 Å². The van der Waals surface area contributed by atoms with Gasteiger partial charge >= 0.3 is 0 Å². The van der Waals surface area contributed by atoms with Gasteiger partial charge in [-0.15, -0.1) is 0 Å². The van der Waals surface area contributed by atoms with E-state index in [0.717, 1.165) is 5.56 Å². The Kier molecular flexibility index (Phi) is 4.14. The molecule has 1 aromatic carbocycles. The summed E-state index contributed by atoms with van der Waals surface area (Å²) in [6.45, 7) is 3.15. The summed E-state index contributed by atoms with van der Waals surface area (Å²) >= 11 is 0. The molecule has 2 amide bonds. The molecule has 120 valence electrons. The fourth-order valence-corrected chi connectivity index (χ4v) is 3.05. The van der Waals surface area contributed by atoms with E-state index in [9.17, 15) is 9.59 Å². The molecule has 23 heavy (non-hydrogen) atoms. The van der Waals surface area contributed by atoms with Gasteiger partial charge in [-0.05, 0) is 11.6 Å². The zero-order chi connectivity index (χ0) is 16.4. The van der Waals surface area contributed by atoms with Crippen LogP contribution in [0, 0.1) is 0 Å². The van der Waals surface area contributed by atoms with Crippen molar-refractivity contribution in [3.8, 4) is 0 Å². The van der Waals surface area contributed by atoms with E-state index in [-0.39, 0.29) is 17.9 Å². The van der Waals surface area contributed by atoms with Crippen molar-refractivity contribution in [2.45, 2.75) is 13.0 Å². The number of amides is 2. The number of carbonyl (C=O) groups is 2. The van der Waals surface area contributed by atoms with E-state index >= 15 is 0 Å². The Morgan fingerprint density at radius 1 is 1.13 bits per heavy atom. The summed E-state index contributed by atoms with van der Waals surface area (Å²) in [6, 6.07) is 11.5. The Morgan fingerprint density at radius 3 is 2.48 bits per heavy atom. The number of hydrogen-bond acceptors (Lipinski definition) is 3. The van der Waals surface area contributed by atoms with Crippen molar-refractivity contribution in [3.63, 3.8) is 0 Å². The highest BCUT2D eigenvalue weighted by molar-refractivity contribution is 5.92. The normalized spacial score (nSPS) is 18.1. The molecule has 6 nitrogen and oxygen atoms in total. The van der Waals surface area contributed by atoms with Crippen LogP contribution in [0.25, 0.3) is 0 Å². The van der Waals surface area contributed by atoms with Crippen LogP contribution in [0.15, 0.2) is 42.6 Å². The van der Waals surface area contributed by atoms with Crippen molar-refractivity contribution in [3.05, 3.63) is 53.9 Å². The summed E-state index contributed by atoms with van der Waals surface area (Å²) in [7, 11) is 1.76. The Balaban J connectivity index is 1.85. The van der Waals surface area contributed by atoms with Crippen LogP contribution in [0.5, 0.6) is 0 Å². The molecule has 0 radical (unpaired) electrons. The molecule has 1 atom stereocenters. The molecule has 1 aliphatic rings. The Morgan fingerprint density at radius 2 is 1.87 bits per heavy atom. The third-order valence-corrected chi connectivity index (χ3v) is 4.30. The van der Waals surface area contributed by atoms with E-state index in [1.165, 1.54) is 0 Å². The van der Waals surface area contributed by atoms with Gasteiger partial charge in [-0.3, -0.25) is 14.3 Å². The average Bonchev–Trinajstić information content (AvgIpc) is 3.00. The summed E-state index contributed by atoms with van der Waals surface area (Å²) in [4.78, 5) is 28.3. The fraction of sp³-hybridized carbons (Fsp3) is 0.353. The highest BCUT2D eigenvalue weighted by Crippen LogP contribution is 2.26. The van der Waals surface area contributed by atoms with Gasteiger partial charge in [-0.1, -0.05) is 30.3 Å². The lowest BCUT2D eigenvalue weighted by Crippen LogP contribution is -2.52. The quantitative estimate of drug-likeness (QED) is 0.843. The second kappa shape index (κ2) is 6.24. The number of rotatable bonds is 2. The Hall–Kier alpha value is -2.63. The van der Waals surface area contributed by atoms with Crippen LogP contribution in [-0.4, -0.2) is 51.0 Å². The van der Waals surface area contributed by atoms with Gasteiger partial charge in [0.05, 0.1) is 6.04 Å². The highest BCUT2D eigenvalue weighted by Gasteiger charge is 2.32. The van der Waals surface area contributed by atoms with Crippen molar-refractivity contribution in [2.75, 3.05) is 19.6 Å². The van der Waals surface area contributed by atoms with Gasteiger partial charge in [0.15, 0.2) is 0 Å². The number of aryl methyl sites for hydroxylation is 1. The van der Waals surface area contributed by atoms with Crippen molar-refractivity contribution in [1.82, 2.24) is 19.6 Å². The molecule has 0 aliphatic carbocycles. The highest BCUT2D eigenvalue weighted by atomic mass is 16.2. The van der Waals surface area contributed by atoms with Crippen LogP contribution < -0.4 is 0 Å². The maximum atomic E-state index is 12.7. The van der Waals surface area contributed by atoms with Crippen LogP contribution in [0.1, 0.15) is 29.0 Å². The molecule has 3 rings (SSSR count). The van der Waals surface area contributed by atoms with Gasteiger partial charge in [0, 0.05) is 39.8 Å². The number of hydrogen-bond donors (Lipinski definition) is 0. The van der Waals surface area contributed by atoms with Gasteiger partial charge in [0.1, 0.15) is 5.69 Å². The molecule has 0 spiro atoms. The summed E-state index contributed by atoms with van der Waals surface area (Å²) in [5, 5.41) is 4.06. The summed E-state index contributed by atoms with van der Waals surface area (Å²) in [5.74, 6) is -0.0133. The number of piperazine rings is 1. The molecule has 1 aromatic heterocycles. The van der Waals surface area contributed by atoms with Crippen LogP contribution in [0.4, 0.5) is 0 Å². The third-order valence-electron chi connectivity index (χ3n) is 4.30. The molecule has 1 aliphatic heterocycles. The van der Waals surface area contributed by atoms with E-state index in [2.05, 4.69) is 5.10 Å². The molecule has 1 saturated heterocycles. The molecule has 0 unspecified atom stereocenters. The van der Waals surface area contributed by atoms with Gasteiger partial charge in [0.25, 0.3) is 5.91 Å². The lowest BCUT2D eigenvalue weighted by atomic mass is 10.0. The Bertz CT molecular complexity index is 710. The molecular weight excluding hydrogens is 292 g/mol. The minimum Gasteiger partial charge on any atom is -0.333 e. The molecule has 6 heteroatoms. The molecule has 2 heterocycles. The molecule has 2 aromatic rings. The van der Waals surface area contributed by atoms with Gasteiger partial charge < -0.3 is 9.80 Å². The van der Waals surface area contributed by atoms with E-state index in [4.69, 9.17) is 0 Å².